The second-order valence-corrected chi connectivity index (χ2v) is 18.7. The predicted octanol–water partition coefficient (Wildman–Crippen LogP) is 13.4. The van der Waals surface area contributed by atoms with Crippen LogP contribution in [0.25, 0.3) is 22.3 Å². The molecule has 9 nitrogen and oxygen atoms in total. The fourth-order valence-corrected chi connectivity index (χ4v) is 8.75. The first-order valence-electron chi connectivity index (χ1n) is 26.4. The molecule has 5 aromatic carbocycles. The summed E-state index contributed by atoms with van der Waals surface area (Å²) in [6.45, 7) is 21.8. The Labute approximate surface area is 415 Å². The summed E-state index contributed by atoms with van der Waals surface area (Å²) in [5, 5.41) is 3.60. The van der Waals surface area contributed by atoms with Crippen LogP contribution in [-0.2, 0) is 19.5 Å². The highest BCUT2D eigenvalue weighted by Gasteiger charge is 2.19. The van der Waals surface area contributed by atoms with Gasteiger partial charge in [0.15, 0.2) is 23.0 Å². The van der Waals surface area contributed by atoms with Crippen LogP contribution in [0, 0.1) is 0 Å². The van der Waals surface area contributed by atoms with E-state index < -0.39 is 0 Å². The van der Waals surface area contributed by atoms with Crippen LogP contribution in [-0.4, -0.2) is 86.6 Å². The Kier molecular flexibility index (Phi) is 22.8. The van der Waals surface area contributed by atoms with Crippen molar-refractivity contribution in [3.63, 3.8) is 0 Å². The van der Waals surface area contributed by atoms with E-state index in [9.17, 15) is 4.79 Å². The molecule has 0 aromatic heterocycles. The number of carbonyl (C=O) groups excluding carboxylic acids is 1. The zero-order chi connectivity index (χ0) is 48.5. The summed E-state index contributed by atoms with van der Waals surface area (Å²) >= 11 is 0. The van der Waals surface area contributed by atoms with E-state index >= 15 is 0 Å². The number of rotatable bonds is 29. The topological polar surface area (TPSA) is 75.7 Å². The van der Waals surface area contributed by atoms with Crippen LogP contribution in [0.2, 0.25) is 0 Å². The zero-order valence-electron chi connectivity index (χ0n) is 42.7. The molecular weight excluding hydrogens is 857 g/mol. The van der Waals surface area contributed by atoms with Crippen molar-refractivity contribution in [2.24, 2.45) is 0 Å². The third-order valence-electron chi connectivity index (χ3n) is 13.2. The van der Waals surface area contributed by atoms with Gasteiger partial charge in [0.25, 0.3) is 5.91 Å². The van der Waals surface area contributed by atoms with E-state index in [1.165, 1.54) is 100 Å². The van der Waals surface area contributed by atoms with Crippen molar-refractivity contribution < 1.29 is 23.7 Å². The number of nitrogens with zero attached hydrogens (tertiary/aromatic N) is 3. The fraction of sp³-hybridized carbons (Fsp3) is 0.483. The first-order valence-corrected chi connectivity index (χ1v) is 26.4. The van der Waals surface area contributed by atoms with Gasteiger partial charge in [-0.2, -0.15) is 0 Å². The minimum Gasteiger partial charge on any atom is -0.454 e. The molecule has 9 heteroatoms. The van der Waals surface area contributed by atoms with Crippen molar-refractivity contribution in [3.8, 4) is 45.3 Å². The van der Waals surface area contributed by atoms with Crippen LogP contribution in [0.1, 0.15) is 132 Å². The molecule has 1 N–H and O–H groups in total. The number of ether oxygens (including phenoxy) is 4. The lowest BCUT2D eigenvalue weighted by Gasteiger charge is -2.28. The first kappa shape index (κ1) is 53.0. The molecule has 0 saturated carbocycles. The summed E-state index contributed by atoms with van der Waals surface area (Å²) in [7, 11) is 0. The summed E-state index contributed by atoms with van der Waals surface area (Å²) < 4.78 is 21.9. The summed E-state index contributed by atoms with van der Waals surface area (Å²) in [5.41, 5.74) is 9.11. The lowest BCUT2D eigenvalue weighted by Crippen LogP contribution is -2.39. The Hall–Kier alpha value is -5.35. The third-order valence-corrected chi connectivity index (χ3v) is 13.2. The van der Waals surface area contributed by atoms with Crippen LogP contribution in [0.15, 0.2) is 109 Å². The van der Waals surface area contributed by atoms with E-state index in [1.807, 2.05) is 35.2 Å². The maximum absolute atomic E-state index is 13.8. The maximum Gasteiger partial charge on any atom is 0.254 e. The minimum atomic E-state index is 0.107. The standard InChI is InChI=1S/C36H48N2O3.C24H34N2O2/c1-4-7-10-11-29-12-18-32(19-13-29)36(39)38(25-24-37(22-8-5-2)23-9-6-3)27-30-14-16-31(17-15-30)33-20-21-34-35(26-33)41-28-40-34;1-3-5-14-26(15-6-4-2)16-13-25-18-20-7-9-21(10-8-20)22-11-12-23-24(17-22)28-19-27-23/h12-21,26H,4-11,22-25,27-28H2,1-3H3;7-12,17,25H,3-6,13-16,18-19H2,1-2H3. The van der Waals surface area contributed by atoms with Crippen molar-refractivity contribution in [3.05, 3.63) is 131 Å². The monoisotopic (exact) mass is 939 g/mol. The summed E-state index contributed by atoms with van der Waals surface area (Å²) in [5.74, 6) is 3.35. The van der Waals surface area contributed by atoms with E-state index in [0.29, 0.717) is 19.9 Å². The zero-order valence-corrected chi connectivity index (χ0v) is 42.7. The molecule has 7 rings (SSSR count). The number of nitrogens with one attached hydrogen (secondary N) is 1. The van der Waals surface area contributed by atoms with Gasteiger partial charge in [0.05, 0.1) is 0 Å². The molecule has 0 aliphatic carbocycles. The van der Waals surface area contributed by atoms with Crippen LogP contribution in [0.5, 0.6) is 23.0 Å². The largest absolute Gasteiger partial charge is 0.454 e. The van der Waals surface area contributed by atoms with Crippen LogP contribution < -0.4 is 24.3 Å². The normalized spacial score (nSPS) is 12.4. The highest BCUT2D eigenvalue weighted by molar-refractivity contribution is 5.94. The first-order chi connectivity index (χ1) is 33.9. The van der Waals surface area contributed by atoms with E-state index in [1.54, 1.807) is 0 Å². The van der Waals surface area contributed by atoms with Gasteiger partial charge >= 0.3 is 0 Å². The molecule has 372 valence electrons. The molecule has 2 aliphatic rings. The van der Waals surface area contributed by atoms with Crippen molar-refractivity contribution in [2.75, 3.05) is 65.9 Å². The fourth-order valence-electron chi connectivity index (χ4n) is 8.75. The number of carbonyl (C=O) groups is 1. The molecule has 0 bridgehead atoms. The van der Waals surface area contributed by atoms with E-state index in [-0.39, 0.29) is 12.7 Å². The quantitative estimate of drug-likeness (QED) is 0.0475. The number of benzene rings is 5. The van der Waals surface area contributed by atoms with Crippen molar-refractivity contribution in [1.82, 2.24) is 20.0 Å². The van der Waals surface area contributed by atoms with Gasteiger partial charge in [-0.25, -0.2) is 0 Å². The second kappa shape index (κ2) is 29.6. The lowest BCUT2D eigenvalue weighted by atomic mass is 10.0. The number of fused-ring (bicyclic) bond motifs is 2. The Bertz CT molecular complexity index is 2210. The highest BCUT2D eigenvalue weighted by atomic mass is 16.7. The molecule has 0 unspecified atom stereocenters. The van der Waals surface area contributed by atoms with Gasteiger partial charge in [0.1, 0.15) is 0 Å². The molecule has 2 aliphatic heterocycles. The summed E-state index contributed by atoms with van der Waals surface area (Å²) in [6.07, 6.45) is 14.6. The molecule has 0 atom stereocenters. The van der Waals surface area contributed by atoms with E-state index in [4.69, 9.17) is 18.9 Å². The van der Waals surface area contributed by atoms with Gasteiger partial charge < -0.3 is 39.0 Å². The van der Waals surface area contributed by atoms with Gasteiger partial charge in [-0.15, -0.1) is 0 Å². The lowest BCUT2D eigenvalue weighted by molar-refractivity contribution is 0.0720. The SMILES string of the molecule is CCCCCc1ccc(C(=O)N(CCN(CCCC)CCCC)Cc2ccc(-c3ccc4c(c3)OCO4)cc2)cc1.CCCCN(CCCC)CCNCc1ccc(-c2ccc3c(c2)OCO3)cc1. The number of hydrogen-bond donors (Lipinski definition) is 1. The van der Waals surface area contributed by atoms with Gasteiger partial charge in [-0.3, -0.25) is 4.79 Å². The van der Waals surface area contributed by atoms with Gasteiger partial charge in [0.2, 0.25) is 13.6 Å². The molecule has 0 spiro atoms. The Morgan fingerprint density at radius 1 is 0.449 bits per heavy atom. The van der Waals surface area contributed by atoms with Crippen LogP contribution in [0.3, 0.4) is 0 Å². The number of amides is 1. The van der Waals surface area contributed by atoms with Crippen molar-refractivity contribution >= 4 is 5.91 Å². The van der Waals surface area contributed by atoms with E-state index in [0.717, 1.165) is 96.5 Å². The summed E-state index contributed by atoms with van der Waals surface area (Å²) in [6, 6.07) is 37.8. The Balaban J connectivity index is 0.000000243. The molecule has 69 heavy (non-hydrogen) atoms. The molecule has 5 aromatic rings. The molecule has 0 radical (unpaired) electrons. The molecular formula is C60H82N4O5. The Morgan fingerprint density at radius 3 is 1.41 bits per heavy atom. The maximum atomic E-state index is 13.8. The minimum absolute atomic E-state index is 0.107. The summed E-state index contributed by atoms with van der Waals surface area (Å²) in [4.78, 5) is 21.0. The predicted molar refractivity (Wildman–Crippen MR) is 285 cm³/mol. The number of hydrogen-bond acceptors (Lipinski definition) is 8. The van der Waals surface area contributed by atoms with Crippen LogP contribution >= 0.6 is 0 Å². The molecule has 1 amide bonds. The average Bonchev–Trinajstić information content (AvgIpc) is 4.08. The smallest absolute Gasteiger partial charge is 0.254 e. The van der Waals surface area contributed by atoms with Gasteiger partial charge in [0, 0.05) is 44.8 Å². The number of unbranched alkanes of at least 4 members (excludes halogenated alkanes) is 6. The van der Waals surface area contributed by atoms with Crippen LogP contribution in [0.4, 0.5) is 0 Å². The number of aryl methyl sites for hydroxylation is 1. The van der Waals surface area contributed by atoms with Crippen molar-refractivity contribution in [1.29, 1.82) is 0 Å². The van der Waals surface area contributed by atoms with Gasteiger partial charge in [-0.05, 0) is 140 Å². The van der Waals surface area contributed by atoms with Gasteiger partial charge in [-0.1, -0.05) is 146 Å². The van der Waals surface area contributed by atoms with E-state index in [2.05, 4.69) is 129 Å². The average molecular weight is 939 g/mol. The Morgan fingerprint density at radius 2 is 0.899 bits per heavy atom. The molecule has 0 saturated heterocycles. The molecule has 0 fully saturated rings. The van der Waals surface area contributed by atoms with Crippen molar-refractivity contribution in [2.45, 2.75) is 125 Å². The third kappa shape index (κ3) is 17.2. The molecule has 2 heterocycles. The second-order valence-electron chi connectivity index (χ2n) is 18.7. The highest BCUT2D eigenvalue weighted by Crippen LogP contribution is 2.37.